The molecule has 0 saturated carbocycles. The van der Waals surface area contributed by atoms with Gasteiger partial charge in [-0.2, -0.15) is 0 Å². The summed E-state index contributed by atoms with van der Waals surface area (Å²) in [6.07, 6.45) is 0. The second-order valence-corrected chi connectivity index (χ2v) is 4.32. The van der Waals surface area contributed by atoms with Crippen molar-refractivity contribution in [1.29, 1.82) is 0 Å². The number of hydrogen-bond donors (Lipinski definition) is 1. The standard InChI is InChI=1S/C13H14N4O/c1-17-7-6-15-13(17)10-4-2-9(3-5-10)11-8-12(14)16-18-11/h2-5,8H,6-7H2,1H3,(H2,14,16). The van der Waals surface area contributed by atoms with Gasteiger partial charge < -0.3 is 15.2 Å². The third kappa shape index (κ3) is 1.84. The van der Waals surface area contributed by atoms with Gasteiger partial charge in [0.2, 0.25) is 0 Å². The lowest BCUT2D eigenvalue weighted by Gasteiger charge is -2.13. The number of nitrogens with zero attached hydrogens (tertiary/aromatic N) is 3. The molecule has 1 aromatic heterocycles. The van der Waals surface area contributed by atoms with Gasteiger partial charge in [-0.15, -0.1) is 0 Å². The molecule has 0 bridgehead atoms. The van der Waals surface area contributed by atoms with Crippen molar-refractivity contribution in [2.75, 3.05) is 25.9 Å². The molecular formula is C13H14N4O. The summed E-state index contributed by atoms with van der Waals surface area (Å²) >= 11 is 0. The number of rotatable bonds is 2. The van der Waals surface area contributed by atoms with Gasteiger partial charge >= 0.3 is 0 Å². The Bertz CT molecular complexity index is 585. The predicted molar refractivity (Wildman–Crippen MR) is 70.4 cm³/mol. The number of amidine groups is 1. The van der Waals surface area contributed by atoms with E-state index in [0.29, 0.717) is 11.6 Å². The molecule has 92 valence electrons. The summed E-state index contributed by atoms with van der Waals surface area (Å²) in [5, 5.41) is 3.68. The monoisotopic (exact) mass is 242 g/mol. The molecular weight excluding hydrogens is 228 g/mol. The fourth-order valence-electron chi connectivity index (χ4n) is 2.05. The third-order valence-electron chi connectivity index (χ3n) is 3.01. The molecule has 1 aliphatic rings. The van der Waals surface area contributed by atoms with Crippen LogP contribution in [-0.4, -0.2) is 36.0 Å². The van der Waals surface area contributed by atoms with Gasteiger partial charge in [-0.25, -0.2) is 0 Å². The normalized spacial score (nSPS) is 14.9. The Kier molecular flexibility index (Phi) is 2.51. The Labute approximate surface area is 105 Å². The molecule has 5 nitrogen and oxygen atoms in total. The van der Waals surface area contributed by atoms with Gasteiger partial charge in [-0.3, -0.25) is 4.99 Å². The maximum absolute atomic E-state index is 5.53. The second-order valence-electron chi connectivity index (χ2n) is 4.32. The van der Waals surface area contributed by atoms with Crippen molar-refractivity contribution in [3.63, 3.8) is 0 Å². The van der Waals surface area contributed by atoms with E-state index in [9.17, 15) is 0 Å². The average molecular weight is 242 g/mol. The van der Waals surface area contributed by atoms with Crippen molar-refractivity contribution in [2.24, 2.45) is 4.99 Å². The molecule has 0 aliphatic carbocycles. The fraction of sp³-hybridized carbons (Fsp3) is 0.231. The number of nitrogen functional groups attached to an aromatic ring is 1. The number of likely N-dealkylation sites (N-methyl/N-ethyl adjacent to an activating group) is 1. The Balaban J connectivity index is 1.89. The first-order valence-electron chi connectivity index (χ1n) is 5.82. The van der Waals surface area contributed by atoms with Crippen LogP contribution in [0, 0.1) is 0 Å². The van der Waals surface area contributed by atoms with Crippen LogP contribution in [0.4, 0.5) is 5.82 Å². The molecule has 2 N–H and O–H groups in total. The number of anilines is 1. The lowest BCUT2D eigenvalue weighted by molar-refractivity contribution is 0.436. The SMILES string of the molecule is CN1CCN=C1c1ccc(-c2cc(N)no2)cc1. The molecule has 3 rings (SSSR count). The van der Waals surface area contributed by atoms with Crippen LogP contribution in [0.3, 0.4) is 0 Å². The molecule has 0 spiro atoms. The number of aromatic nitrogens is 1. The Morgan fingerprint density at radius 2 is 1.94 bits per heavy atom. The summed E-state index contributed by atoms with van der Waals surface area (Å²) in [4.78, 5) is 6.63. The van der Waals surface area contributed by atoms with Crippen molar-refractivity contribution in [1.82, 2.24) is 10.1 Å². The Hall–Kier alpha value is -2.30. The zero-order valence-electron chi connectivity index (χ0n) is 10.1. The minimum atomic E-state index is 0.397. The van der Waals surface area contributed by atoms with Gasteiger partial charge in [-0.05, 0) is 0 Å². The zero-order chi connectivity index (χ0) is 12.5. The fourth-order valence-corrected chi connectivity index (χ4v) is 2.05. The van der Waals surface area contributed by atoms with Gasteiger partial charge in [0, 0.05) is 30.8 Å². The summed E-state index contributed by atoms with van der Waals surface area (Å²) < 4.78 is 5.12. The lowest BCUT2D eigenvalue weighted by atomic mass is 10.1. The van der Waals surface area contributed by atoms with E-state index in [1.807, 2.05) is 24.3 Å². The van der Waals surface area contributed by atoms with Crippen LogP contribution in [0.15, 0.2) is 39.8 Å². The van der Waals surface area contributed by atoms with Crippen molar-refractivity contribution in [3.05, 3.63) is 35.9 Å². The maximum atomic E-state index is 5.53. The van der Waals surface area contributed by atoms with E-state index in [1.165, 1.54) is 0 Å². The van der Waals surface area contributed by atoms with Crippen molar-refractivity contribution >= 4 is 11.7 Å². The predicted octanol–water partition coefficient (Wildman–Crippen LogP) is 1.62. The number of hydrogen-bond acceptors (Lipinski definition) is 5. The summed E-state index contributed by atoms with van der Waals surface area (Å²) in [6, 6.07) is 9.77. The van der Waals surface area contributed by atoms with E-state index >= 15 is 0 Å². The van der Waals surface area contributed by atoms with E-state index in [4.69, 9.17) is 10.3 Å². The van der Waals surface area contributed by atoms with Gasteiger partial charge in [0.15, 0.2) is 11.6 Å². The number of nitrogens with two attached hydrogens (primary N) is 1. The van der Waals surface area contributed by atoms with Crippen LogP contribution in [0.5, 0.6) is 0 Å². The van der Waals surface area contributed by atoms with Gasteiger partial charge in [0.05, 0.1) is 6.54 Å². The summed E-state index contributed by atoms with van der Waals surface area (Å²) in [6.45, 7) is 1.85. The lowest BCUT2D eigenvalue weighted by Crippen LogP contribution is -2.23. The highest BCUT2D eigenvalue weighted by Gasteiger charge is 2.14. The van der Waals surface area contributed by atoms with Gasteiger partial charge in [-0.1, -0.05) is 29.4 Å². The Morgan fingerprint density at radius 1 is 1.22 bits per heavy atom. The van der Waals surface area contributed by atoms with Crippen molar-refractivity contribution < 1.29 is 4.52 Å². The second kappa shape index (κ2) is 4.18. The molecule has 2 aromatic rings. The topological polar surface area (TPSA) is 67.7 Å². The van der Waals surface area contributed by atoms with Crippen LogP contribution in [-0.2, 0) is 0 Å². The third-order valence-corrected chi connectivity index (χ3v) is 3.01. The number of benzene rings is 1. The molecule has 0 atom stereocenters. The molecule has 0 saturated heterocycles. The molecule has 0 radical (unpaired) electrons. The zero-order valence-corrected chi connectivity index (χ0v) is 10.1. The molecule has 0 unspecified atom stereocenters. The molecule has 1 aromatic carbocycles. The highest BCUT2D eigenvalue weighted by atomic mass is 16.5. The highest BCUT2D eigenvalue weighted by molar-refractivity contribution is 5.99. The van der Waals surface area contributed by atoms with Crippen molar-refractivity contribution in [3.8, 4) is 11.3 Å². The molecule has 18 heavy (non-hydrogen) atoms. The van der Waals surface area contributed by atoms with E-state index in [2.05, 4.69) is 22.1 Å². The summed E-state index contributed by atoms with van der Waals surface area (Å²) in [5.41, 5.74) is 7.61. The molecule has 0 amide bonds. The van der Waals surface area contributed by atoms with Gasteiger partial charge in [0.1, 0.15) is 5.84 Å². The minimum absolute atomic E-state index is 0.397. The van der Waals surface area contributed by atoms with E-state index in [-0.39, 0.29) is 0 Å². The van der Waals surface area contributed by atoms with Gasteiger partial charge in [0.25, 0.3) is 0 Å². The van der Waals surface area contributed by atoms with E-state index in [0.717, 1.165) is 30.1 Å². The smallest absolute Gasteiger partial charge is 0.169 e. The van der Waals surface area contributed by atoms with Crippen molar-refractivity contribution in [2.45, 2.75) is 0 Å². The quantitative estimate of drug-likeness (QED) is 0.868. The van der Waals surface area contributed by atoms with E-state index in [1.54, 1.807) is 6.07 Å². The first-order valence-corrected chi connectivity index (χ1v) is 5.82. The largest absolute Gasteiger partial charge is 0.381 e. The first kappa shape index (κ1) is 10.8. The highest BCUT2D eigenvalue weighted by Crippen LogP contribution is 2.22. The maximum Gasteiger partial charge on any atom is 0.169 e. The molecule has 5 heteroatoms. The van der Waals surface area contributed by atoms with Crippen LogP contribution < -0.4 is 5.73 Å². The van der Waals surface area contributed by atoms with Crippen LogP contribution in [0.2, 0.25) is 0 Å². The van der Waals surface area contributed by atoms with Crippen LogP contribution in [0.1, 0.15) is 5.56 Å². The van der Waals surface area contributed by atoms with Crippen LogP contribution in [0.25, 0.3) is 11.3 Å². The molecule has 1 aliphatic heterocycles. The number of aliphatic imine (C=N–C) groups is 1. The summed E-state index contributed by atoms with van der Waals surface area (Å²) in [5.74, 6) is 2.12. The summed E-state index contributed by atoms with van der Waals surface area (Å²) in [7, 11) is 2.05. The minimum Gasteiger partial charge on any atom is -0.381 e. The van der Waals surface area contributed by atoms with E-state index < -0.39 is 0 Å². The first-order chi connectivity index (χ1) is 8.74. The molecule has 2 heterocycles. The molecule has 0 fully saturated rings. The van der Waals surface area contributed by atoms with Crippen LogP contribution >= 0.6 is 0 Å². The Morgan fingerprint density at radius 3 is 2.50 bits per heavy atom. The average Bonchev–Trinajstić information content (AvgIpc) is 2.98.